The number of amides is 3. The third kappa shape index (κ3) is 9.06. The summed E-state index contributed by atoms with van der Waals surface area (Å²) in [7, 11) is 0. The van der Waals surface area contributed by atoms with E-state index in [0.717, 1.165) is 11.3 Å². The number of carbonyl (C=O) groups excluding carboxylic acids is 4. The monoisotopic (exact) mass is 486 g/mol. The van der Waals surface area contributed by atoms with Gasteiger partial charge < -0.3 is 20.5 Å². The van der Waals surface area contributed by atoms with Crippen LogP contribution in [-0.2, 0) is 30.3 Å². The smallest absolute Gasteiger partial charge is 0.311 e. The third-order valence-corrected chi connectivity index (χ3v) is 5.46. The molecule has 0 spiro atoms. The van der Waals surface area contributed by atoms with Gasteiger partial charge in [-0.2, -0.15) is 0 Å². The lowest BCUT2D eigenvalue weighted by Gasteiger charge is -2.32. The van der Waals surface area contributed by atoms with Gasteiger partial charge in [-0.15, -0.1) is 11.3 Å². The number of hydrogen-bond donors (Lipinski definition) is 5. The van der Waals surface area contributed by atoms with E-state index in [1.807, 2.05) is 13.8 Å². The molecular formula is C21H34N4O7S. The van der Waals surface area contributed by atoms with E-state index >= 15 is 0 Å². The van der Waals surface area contributed by atoms with Crippen molar-refractivity contribution >= 4 is 40.2 Å². The van der Waals surface area contributed by atoms with Crippen LogP contribution in [0, 0.1) is 17.3 Å². The molecule has 1 aromatic heterocycles. The average molecular weight is 487 g/mol. The first-order valence-electron chi connectivity index (χ1n) is 10.6. The van der Waals surface area contributed by atoms with Crippen molar-refractivity contribution in [2.24, 2.45) is 17.3 Å². The first-order valence-corrected chi connectivity index (χ1v) is 11.5. The van der Waals surface area contributed by atoms with Gasteiger partial charge in [0.25, 0.3) is 5.91 Å². The Bertz CT molecular complexity index is 835. The zero-order chi connectivity index (χ0) is 25.3. The molecule has 12 heteroatoms. The molecule has 0 saturated heterocycles. The van der Waals surface area contributed by atoms with Gasteiger partial charge in [-0.05, 0) is 24.7 Å². The molecule has 3 atom stereocenters. The van der Waals surface area contributed by atoms with E-state index in [4.69, 9.17) is 9.94 Å². The molecule has 5 N–H and O–H groups in total. The lowest BCUT2D eigenvalue weighted by Crippen LogP contribution is -2.55. The number of ether oxygens (including phenoxy) is 1. The van der Waals surface area contributed by atoms with Gasteiger partial charge in [-0.3, -0.25) is 24.4 Å². The SMILES string of the molecule is CCOC(=O)Cc1csc(NC(=O)[C@@H](NC(=O)[C@H](CC(C)C)[C@H](O)C(=O)NO)C(C)(C)C)n1. The van der Waals surface area contributed by atoms with Gasteiger partial charge in [0.15, 0.2) is 5.13 Å². The second-order valence-corrected chi connectivity index (χ2v) is 9.94. The van der Waals surface area contributed by atoms with Crippen molar-refractivity contribution in [1.29, 1.82) is 0 Å². The molecule has 0 unspecified atom stereocenters. The van der Waals surface area contributed by atoms with Crippen LogP contribution in [0.25, 0.3) is 0 Å². The van der Waals surface area contributed by atoms with E-state index in [0.29, 0.717) is 5.69 Å². The number of aromatic nitrogens is 1. The molecule has 1 heterocycles. The number of esters is 1. The van der Waals surface area contributed by atoms with E-state index in [-0.39, 0.29) is 30.5 Å². The van der Waals surface area contributed by atoms with Gasteiger partial charge in [-0.25, -0.2) is 10.5 Å². The topological polar surface area (TPSA) is 167 Å². The molecule has 0 fully saturated rings. The molecule has 0 bridgehead atoms. The lowest BCUT2D eigenvalue weighted by atomic mass is 9.84. The van der Waals surface area contributed by atoms with Crippen molar-refractivity contribution in [3.05, 3.63) is 11.1 Å². The molecule has 0 radical (unpaired) electrons. The minimum atomic E-state index is -1.79. The molecule has 186 valence electrons. The quantitative estimate of drug-likeness (QED) is 0.177. The van der Waals surface area contributed by atoms with Crippen molar-refractivity contribution in [2.45, 2.75) is 66.5 Å². The van der Waals surface area contributed by atoms with Gasteiger partial charge in [0, 0.05) is 5.38 Å². The van der Waals surface area contributed by atoms with Crippen molar-refractivity contribution in [3.8, 4) is 0 Å². The lowest BCUT2D eigenvalue weighted by molar-refractivity contribution is -0.147. The van der Waals surface area contributed by atoms with Crippen LogP contribution in [0.1, 0.15) is 53.7 Å². The Kier molecular flexibility index (Phi) is 10.9. The summed E-state index contributed by atoms with van der Waals surface area (Å²) in [6.45, 7) is 10.8. The third-order valence-electron chi connectivity index (χ3n) is 4.65. The molecule has 0 aromatic carbocycles. The van der Waals surface area contributed by atoms with Gasteiger partial charge in [0.1, 0.15) is 12.1 Å². The molecule has 1 aromatic rings. The highest BCUT2D eigenvalue weighted by Crippen LogP contribution is 2.24. The van der Waals surface area contributed by atoms with Gasteiger partial charge in [0.2, 0.25) is 11.8 Å². The predicted octanol–water partition coefficient (Wildman–Crippen LogP) is 1.25. The molecular weight excluding hydrogens is 452 g/mol. The predicted molar refractivity (Wildman–Crippen MR) is 121 cm³/mol. The molecule has 0 aliphatic carbocycles. The summed E-state index contributed by atoms with van der Waals surface area (Å²) >= 11 is 1.13. The highest BCUT2D eigenvalue weighted by atomic mass is 32.1. The first-order chi connectivity index (χ1) is 15.3. The number of aliphatic hydroxyl groups is 1. The fourth-order valence-electron chi connectivity index (χ4n) is 3.04. The molecule has 11 nitrogen and oxygen atoms in total. The van der Waals surface area contributed by atoms with Gasteiger partial charge >= 0.3 is 5.97 Å². The largest absolute Gasteiger partial charge is 0.466 e. The Labute approximate surface area is 197 Å². The number of thiazole rings is 1. The highest BCUT2D eigenvalue weighted by Gasteiger charge is 2.38. The number of nitrogens with one attached hydrogen (secondary N) is 3. The van der Waals surface area contributed by atoms with Crippen LogP contribution in [0.2, 0.25) is 0 Å². The number of hydrogen-bond acceptors (Lipinski definition) is 9. The first kappa shape index (κ1) is 28.5. The van der Waals surface area contributed by atoms with Crippen LogP contribution >= 0.6 is 11.3 Å². The Balaban J connectivity index is 2.99. The van der Waals surface area contributed by atoms with Crippen LogP contribution < -0.4 is 16.1 Å². The Morgan fingerprint density at radius 3 is 2.30 bits per heavy atom. The van der Waals surface area contributed by atoms with Gasteiger partial charge in [-0.1, -0.05) is 34.6 Å². The molecule has 33 heavy (non-hydrogen) atoms. The van der Waals surface area contributed by atoms with E-state index in [1.165, 1.54) is 5.48 Å². The standard InChI is InChI=1S/C21H34N4O7S/c1-7-32-14(26)9-12-10-33-20(22-12)24-19(30)16(21(4,5)6)23-17(28)13(8-11(2)3)15(27)18(29)25-31/h10-11,13,15-16,27,31H,7-9H2,1-6H3,(H,23,28)(H,25,29)(H,22,24,30)/t13-,15+,16-/m1/s1. The number of anilines is 1. The van der Waals surface area contributed by atoms with Gasteiger partial charge in [0.05, 0.1) is 24.6 Å². The average Bonchev–Trinajstić information content (AvgIpc) is 3.14. The molecule has 1 rings (SSSR count). The number of hydroxylamine groups is 1. The summed E-state index contributed by atoms with van der Waals surface area (Å²) in [5.41, 5.74) is 1.07. The van der Waals surface area contributed by atoms with Crippen LogP contribution in [0.3, 0.4) is 0 Å². The highest BCUT2D eigenvalue weighted by molar-refractivity contribution is 7.13. The summed E-state index contributed by atoms with van der Waals surface area (Å²) in [5.74, 6) is -4.00. The summed E-state index contributed by atoms with van der Waals surface area (Å²) < 4.78 is 4.88. The van der Waals surface area contributed by atoms with E-state index < -0.39 is 47.2 Å². The number of carbonyl (C=O) groups is 4. The summed E-state index contributed by atoms with van der Waals surface area (Å²) in [6.07, 6.45) is -1.66. The maximum Gasteiger partial charge on any atom is 0.311 e. The van der Waals surface area contributed by atoms with Crippen LogP contribution in [0.5, 0.6) is 0 Å². The van der Waals surface area contributed by atoms with Crippen molar-refractivity contribution in [2.75, 3.05) is 11.9 Å². The fraction of sp³-hybridized carbons (Fsp3) is 0.667. The summed E-state index contributed by atoms with van der Waals surface area (Å²) in [5, 5.41) is 26.2. The Morgan fingerprint density at radius 1 is 1.15 bits per heavy atom. The maximum atomic E-state index is 13.0. The second kappa shape index (κ2) is 12.6. The Hall–Kier alpha value is -2.57. The van der Waals surface area contributed by atoms with Crippen LogP contribution in [-0.4, -0.2) is 57.7 Å². The number of aliphatic hydroxyl groups excluding tert-OH is 1. The second-order valence-electron chi connectivity index (χ2n) is 9.08. The zero-order valence-corrected chi connectivity index (χ0v) is 20.6. The number of nitrogens with zero attached hydrogens (tertiary/aromatic N) is 1. The fourth-order valence-corrected chi connectivity index (χ4v) is 3.76. The maximum absolute atomic E-state index is 13.0. The minimum Gasteiger partial charge on any atom is -0.466 e. The summed E-state index contributed by atoms with van der Waals surface area (Å²) in [6, 6.07) is -1.03. The zero-order valence-electron chi connectivity index (χ0n) is 19.8. The van der Waals surface area contributed by atoms with Crippen LogP contribution in [0.15, 0.2) is 5.38 Å². The number of rotatable bonds is 11. The molecule has 0 saturated carbocycles. The van der Waals surface area contributed by atoms with E-state index in [1.54, 1.807) is 33.1 Å². The van der Waals surface area contributed by atoms with E-state index in [9.17, 15) is 24.3 Å². The molecule has 0 aliphatic heterocycles. The van der Waals surface area contributed by atoms with E-state index in [2.05, 4.69) is 15.6 Å². The normalized spacial score (nSPS) is 14.2. The minimum absolute atomic E-state index is 0.0265. The van der Waals surface area contributed by atoms with Crippen molar-refractivity contribution in [1.82, 2.24) is 15.8 Å². The van der Waals surface area contributed by atoms with Crippen molar-refractivity contribution < 1.29 is 34.2 Å². The molecule has 3 amide bonds. The summed E-state index contributed by atoms with van der Waals surface area (Å²) in [4.78, 5) is 53.5. The van der Waals surface area contributed by atoms with Crippen LogP contribution in [0.4, 0.5) is 5.13 Å². The Morgan fingerprint density at radius 2 is 1.79 bits per heavy atom. The van der Waals surface area contributed by atoms with Crippen molar-refractivity contribution in [3.63, 3.8) is 0 Å². The molecule has 0 aliphatic rings.